The molecule has 1 aliphatic heterocycles. The molecule has 0 radical (unpaired) electrons. The summed E-state index contributed by atoms with van der Waals surface area (Å²) in [5.74, 6) is 0. The van der Waals surface area contributed by atoms with Crippen LogP contribution in [0.25, 0.3) is 0 Å². The summed E-state index contributed by atoms with van der Waals surface area (Å²) in [7, 11) is -3.20. The highest BCUT2D eigenvalue weighted by molar-refractivity contribution is 7.90. The van der Waals surface area contributed by atoms with Crippen LogP contribution in [0, 0.1) is 0 Å². The van der Waals surface area contributed by atoms with Gasteiger partial charge in [0.05, 0.1) is 10.6 Å². The Kier molecular flexibility index (Phi) is 5.83. The molecule has 1 aliphatic rings. The highest BCUT2D eigenvalue weighted by Crippen LogP contribution is 2.20. The molecule has 0 aromatic heterocycles. The summed E-state index contributed by atoms with van der Waals surface area (Å²) in [5, 5.41) is 3.31. The quantitative estimate of drug-likeness (QED) is 0.859. The molecule has 2 rings (SSSR count). The van der Waals surface area contributed by atoms with Crippen molar-refractivity contribution in [2.75, 3.05) is 50.8 Å². The van der Waals surface area contributed by atoms with Crippen LogP contribution in [0.15, 0.2) is 29.2 Å². The van der Waals surface area contributed by atoms with Crippen LogP contribution in [0.1, 0.15) is 13.8 Å². The minimum absolute atomic E-state index is 0.373. The van der Waals surface area contributed by atoms with Crippen LogP contribution in [0.3, 0.4) is 0 Å². The Morgan fingerprint density at radius 1 is 1.18 bits per heavy atom. The fourth-order valence-corrected chi connectivity index (χ4v) is 3.71. The molecule has 0 amide bonds. The zero-order chi connectivity index (χ0) is 16.2. The zero-order valence-corrected chi connectivity index (χ0v) is 14.6. The van der Waals surface area contributed by atoms with Gasteiger partial charge in [-0.25, -0.2) is 8.42 Å². The highest BCUT2D eigenvalue weighted by Gasteiger charge is 2.20. The molecule has 1 aromatic carbocycles. The molecule has 1 fully saturated rings. The Balaban J connectivity index is 1.93. The fourth-order valence-electron chi connectivity index (χ4n) is 2.84. The van der Waals surface area contributed by atoms with E-state index in [2.05, 4.69) is 29.0 Å². The number of benzene rings is 1. The van der Waals surface area contributed by atoms with E-state index in [4.69, 9.17) is 0 Å². The Bertz CT molecular complexity index is 581. The molecule has 0 bridgehead atoms. The van der Waals surface area contributed by atoms with Crippen LogP contribution >= 0.6 is 0 Å². The molecule has 22 heavy (non-hydrogen) atoms. The molecule has 1 aromatic rings. The van der Waals surface area contributed by atoms with Gasteiger partial charge in [-0.2, -0.15) is 0 Å². The minimum atomic E-state index is -3.20. The summed E-state index contributed by atoms with van der Waals surface area (Å²) in [4.78, 5) is 5.29. The Hall–Kier alpha value is -1.11. The number of sulfone groups is 1. The zero-order valence-electron chi connectivity index (χ0n) is 13.7. The second-order valence-corrected chi connectivity index (χ2v) is 7.95. The van der Waals surface area contributed by atoms with E-state index in [0.29, 0.717) is 16.6 Å². The number of hydrogen-bond acceptors (Lipinski definition) is 5. The van der Waals surface area contributed by atoms with E-state index in [9.17, 15) is 8.42 Å². The van der Waals surface area contributed by atoms with Gasteiger partial charge >= 0.3 is 0 Å². The van der Waals surface area contributed by atoms with Crippen molar-refractivity contribution in [2.45, 2.75) is 24.8 Å². The number of rotatable bonds is 6. The first-order valence-electron chi connectivity index (χ1n) is 7.91. The van der Waals surface area contributed by atoms with Crippen LogP contribution in [0.4, 0.5) is 5.69 Å². The fraction of sp³-hybridized carbons (Fsp3) is 0.625. The highest BCUT2D eigenvalue weighted by atomic mass is 32.2. The van der Waals surface area contributed by atoms with Crippen molar-refractivity contribution in [2.24, 2.45) is 0 Å². The van der Waals surface area contributed by atoms with Crippen LogP contribution < -0.4 is 5.32 Å². The molecular formula is C16H27N3O2S. The van der Waals surface area contributed by atoms with Crippen molar-refractivity contribution in [3.8, 4) is 0 Å². The first-order chi connectivity index (χ1) is 10.4. The maximum atomic E-state index is 11.8. The summed E-state index contributed by atoms with van der Waals surface area (Å²) in [6, 6.07) is 7.49. The lowest BCUT2D eigenvalue weighted by atomic mass is 10.2. The van der Waals surface area contributed by atoms with E-state index in [0.717, 1.165) is 39.3 Å². The van der Waals surface area contributed by atoms with E-state index in [-0.39, 0.29) is 0 Å². The molecule has 1 heterocycles. The van der Waals surface area contributed by atoms with Gasteiger partial charge in [0.1, 0.15) is 0 Å². The molecule has 0 saturated carbocycles. The van der Waals surface area contributed by atoms with Gasteiger partial charge < -0.3 is 10.2 Å². The lowest BCUT2D eigenvalue weighted by molar-refractivity contribution is 0.110. The summed E-state index contributed by atoms with van der Waals surface area (Å²) < 4.78 is 23.6. The van der Waals surface area contributed by atoms with Gasteiger partial charge in [0.25, 0.3) is 0 Å². The molecule has 0 aliphatic carbocycles. The number of nitrogens with one attached hydrogen (secondary N) is 1. The summed E-state index contributed by atoms with van der Waals surface area (Å²) in [6.45, 7) is 10.6. The van der Waals surface area contributed by atoms with Crippen molar-refractivity contribution in [3.05, 3.63) is 24.3 Å². The number of piperazine rings is 1. The van der Waals surface area contributed by atoms with Gasteiger partial charge in [-0.1, -0.05) is 19.1 Å². The monoisotopic (exact) mass is 325 g/mol. The minimum Gasteiger partial charge on any atom is -0.382 e. The van der Waals surface area contributed by atoms with Crippen LogP contribution in [0.5, 0.6) is 0 Å². The number of likely N-dealkylation sites (N-methyl/N-ethyl adjacent to an activating group) is 1. The number of para-hydroxylation sites is 1. The maximum absolute atomic E-state index is 11.8. The average molecular weight is 325 g/mol. The number of nitrogens with zero attached hydrogens (tertiary/aromatic N) is 2. The van der Waals surface area contributed by atoms with Crippen LogP contribution in [0.2, 0.25) is 0 Å². The maximum Gasteiger partial charge on any atom is 0.177 e. The summed E-state index contributed by atoms with van der Waals surface area (Å²) in [5.41, 5.74) is 0.698. The molecule has 124 valence electrons. The second-order valence-electron chi connectivity index (χ2n) is 5.97. The normalized spacial score (nSPS) is 19.0. The topological polar surface area (TPSA) is 52.6 Å². The summed E-state index contributed by atoms with van der Waals surface area (Å²) in [6.07, 6.45) is 1.25. The van der Waals surface area contributed by atoms with Gasteiger partial charge in [0.2, 0.25) is 0 Å². The predicted molar refractivity (Wildman–Crippen MR) is 91.2 cm³/mol. The van der Waals surface area contributed by atoms with Crippen LogP contribution in [-0.2, 0) is 9.84 Å². The van der Waals surface area contributed by atoms with Gasteiger partial charge in [-0.3, -0.25) is 4.90 Å². The third-order valence-electron chi connectivity index (χ3n) is 4.35. The largest absolute Gasteiger partial charge is 0.382 e. The van der Waals surface area contributed by atoms with Crippen LogP contribution in [-0.4, -0.2) is 69.8 Å². The second kappa shape index (κ2) is 7.44. The molecule has 1 atom stereocenters. The molecular weight excluding hydrogens is 298 g/mol. The smallest absolute Gasteiger partial charge is 0.177 e. The predicted octanol–water partition coefficient (Wildman–Crippen LogP) is 1.53. The van der Waals surface area contributed by atoms with Crippen molar-refractivity contribution in [3.63, 3.8) is 0 Å². The van der Waals surface area contributed by atoms with E-state index >= 15 is 0 Å². The average Bonchev–Trinajstić information content (AvgIpc) is 2.52. The van der Waals surface area contributed by atoms with Crippen molar-refractivity contribution in [1.29, 1.82) is 0 Å². The van der Waals surface area contributed by atoms with Gasteiger partial charge in [0.15, 0.2) is 9.84 Å². The lowest BCUT2D eigenvalue weighted by Gasteiger charge is -2.37. The molecule has 1 unspecified atom stereocenters. The SMILES string of the molecule is CCN1CCN(C(C)CNc2ccccc2S(C)(=O)=O)CC1. The van der Waals surface area contributed by atoms with E-state index in [1.54, 1.807) is 12.1 Å². The molecule has 1 saturated heterocycles. The number of hydrogen-bond donors (Lipinski definition) is 1. The Morgan fingerprint density at radius 3 is 2.41 bits per heavy atom. The Labute approximate surface area is 134 Å². The van der Waals surface area contributed by atoms with Crippen molar-refractivity contribution in [1.82, 2.24) is 9.80 Å². The standard InChI is InChI=1S/C16H27N3O2S/c1-4-18-9-11-19(12-10-18)14(2)13-17-15-7-5-6-8-16(15)22(3,20)21/h5-8,14,17H,4,9-13H2,1-3H3. The number of anilines is 1. The first-order valence-corrected chi connectivity index (χ1v) is 9.80. The van der Waals surface area contributed by atoms with Crippen molar-refractivity contribution < 1.29 is 8.42 Å². The van der Waals surface area contributed by atoms with E-state index in [1.165, 1.54) is 6.26 Å². The third-order valence-corrected chi connectivity index (χ3v) is 5.51. The van der Waals surface area contributed by atoms with E-state index < -0.39 is 9.84 Å². The first kappa shape index (κ1) is 17.2. The van der Waals surface area contributed by atoms with Gasteiger partial charge in [0, 0.05) is 45.0 Å². The Morgan fingerprint density at radius 2 is 1.82 bits per heavy atom. The van der Waals surface area contributed by atoms with Crippen molar-refractivity contribution >= 4 is 15.5 Å². The van der Waals surface area contributed by atoms with Gasteiger partial charge in [-0.05, 0) is 25.6 Å². The lowest BCUT2D eigenvalue weighted by Crippen LogP contribution is -2.51. The third kappa shape index (κ3) is 4.44. The molecule has 0 spiro atoms. The summed E-state index contributed by atoms with van der Waals surface area (Å²) >= 11 is 0. The molecule has 1 N–H and O–H groups in total. The molecule has 5 nitrogen and oxygen atoms in total. The van der Waals surface area contributed by atoms with E-state index in [1.807, 2.05) is 12.1 Å². The molecule has 6 heteroatoms. The van der Waals surface area contributed by atoms with Gasteiger partial charge in [-0.15, -0.1) is 0 Å².